The van der Waals surface area contributed by atoms with Gasteiger partial charge in [-0.05, 0) is 25.5 Å². The Kier molecular flexibility index (Phi) is 4.90. The summed E-state index contributed by atoms with van der Waals surface area (Å²) in [6, 6.07) is 3.21. The van der Waals surface area contributed by atoms with E-state index in [0.717, 1.165) is 10.9 Å². The molecule has 1 aromatic carbocycles. The Morgan fingerprint density at radius 2 is 1.97 bits per heavy atom. The van der Waals surface area contributed by atoms with Crippen LogP contribution in [0.1, 0.15) is 24.0 Å². The van der Waals surface area contributed by atoms with Crippen molar-refractivity contribution in [3.8, 4) is 5.75 Å². The minimum Gasteiger partial charge on any atom is -0.482 e. The summed E-state index contributed by atoms with van der Waals surface area (Å²) in [6.45, 7) is 4.77. The lowest BCUT2D eigenvalue weighted by molar-refractivity contribution is -0.136. The minimum atomic E-state index is -0.510. The Labute approximate surface area is 171 Å². The Hall–Kier alpha value is -2.74. The van der Waals surface area contributed by atoms with Crippen molar-refractivity contribution in [1.29, 1.82) is 0 Å². The molecule has 8 nitrogen and oxygen atoms in total. The summed E-state index contributed by atoms with van der Waals surface area (Å²) in [4.78, 5) is 37.4. The van der Waals surface area contributed by atoms with Gasteiger partial charge in [0.05, 0.1) is 11.6 Å². The molecule has 0 bridgehead atoms. The van der Waals surface area contributed by atoms with Gasteiger partial charge in [-0.25, -0.2) is 9.59 Å². The average Bonchev–Trinajstić information content (AvgIpc) is 3.06. The zero-order valence-electron chi connectivity index (χ0n) is 16.2. The van der Waals surface area contributed by atoms with Gasteiger partial charge in [0.15, 0.2) is 6.61 Å². The van der Waals surface area contributed by atoms with Crippen molar-refractivity contribution >= 4 is 34.6 Å². The van der Waals surface area contributed by atoms with Crippen molar-refractivity contribution in [2.45, 2.75) is 32.3 Å². The third kappa shape index (κ3) is 3.64. The topological polar surface area (TPSA) is 98.1 Å². The maximum Gasteiger partial charge on any atom is 0.407 e. The molecule has 0 radical (unpaired) electrons. The quantitative estimate of drug-likeness (QED) is 0.766. The number of aryl methyl sites for hydroxylation is 1. The van der Waals surface area contributed by atoms with Crippen molar-refractivity contribution in [2.75, 3.05) is 26.2 Å². The van der Waals surface area contributed by atoms with Gasteiger partial charge in [-0.3, -0.25) is 4.79 Å². The lowest BCUT2D eigenvalue weighted by Gasteiger charge is -2.37. The molecule has 0 atom stereocenters. The first-order valence-electron chi connectivity index (χ1n) is 9.39. The molecule has 9 heteroatoms. The van der Waals surface area contributed by atoms with E-state index < -0.39 is 17.3 Å². The first-order chi connectivity index (χ1) is 13.8. The van der Waals surface area contributed by atoms with Gasteiger partial charge in [-0.1, -0.05) is 11.6 Å². The Morgan fingerprint density at radius 3 is 2.62 bits per heavy atom. The van der Waals surface area contributed by atoms with Crippen LogP contribution in [0.4, 0.5) is 4.79 Å². The van der Waals surface area contributed by atoms with Gasteiger partial charge in [-0.15, -0.1) is 0 Å². The van der Waals surface area contributed by atoms with Crippen LogP contribution in [0.3, 0.4) is 0 Å². The third-order valence-corrected chi connectivity index (χ3v) is 6.05. The molecule has 0 unspecified atom stereocenters. The number of hydrogen-bond acceptors (Lipinski definition) is 6. The molecule has 29 heavy (non-hydrogen) atoms. The Bertz CT molecular complexity index is 1060. The number of hydrogen-bond donors (Lipinski definition) is 1. The maximum absolute atomic E-state index is 12.5. The monoisotopic (exact) mass is 420 g/mol. The van der Waals surface area contributed by atoms with Gasteiger partial charge < -0.3 is 24.1 Å². The molecule has 0 aliphatic carbocycles. The number of carbonyl (C=O) groups is 2. The second-order valence-electron chi connectivity index (χ2n) is 7.51. The zero-order chi connectivity index (χ0) is 20.8. The van der Waals surface area contributed by atoms with E-state index in [1.54, 1.807) is 17.9 Å². The van der Waals surface area contributed by atoms with Crippen molar-refractivity contribution in [1.82, 2.24) is 10.2 Å². The predicted octanol–water partition coefficient (Wildman–Crippen LogP) is 2.54. The Morgan fingerprint density at radius 1 is 1.24 bits per heavy atom. The summed E-state index contributed by atoms with van der Waals surface area (Å²) < 4.78 is 16.3. The van der Waals surface area contributed by atoms with E-state index >= 15 is 0 Å². The summed E-state index contributed by atoms with van der Waals surface area (Å²) in [5, 5.41) is 3.73. The first-order valence-corrected chi connectivity index (χ1v) is 9.77. The van der Waals surface area contributed by atoms with E-state index in [-0.39, 0.29) is 18.3 Å². The molecule has 154 valence electrons. The van der Waals surface area contributed by atoms with Crippen molar-refractivity contribution in [2.24, 2.45) is 0 Å². The highest BCUT2D eigenvalue weighted by molar-refractivity contribution is 6.32. The van der Waals surface area contributed by atoms with Crippen LogP contribution in [0.25, 0.3) is 11.0 Å². The molecular formula is C20H21ClN2O6. The Balaban J connectivity index is 1.42. The number of fused-ring (bicyclic) bond motifs is 1. The van der Waals surface area contributed by atoms with E-state index in [0.29, 0.717) is 48.6 Å². The van der Waals surface area contributed by atoms with E-state index in [4.69, 9.17) is 25.5 Å². The fourth-order valence-electron chi connectivity index (χ4n) is 3.73. The lowest BCUT2D eigenvalue weighted by Crippen LogP contribution is -2.49. The van der Waals surface area contributed by atoms with Gasteiger partial charge in [-0.2, -0.15) is 0 Å². The molecule has 0 saturated carbocycles. The fraction of sp³-hybridized carbons (Fsp3) is 0.450. The summed E-state index contributed by atoms with van der Waals surface area (Å²) in [7, 11) is 0. The van der Waals surface area contributed by atoms with Crippen LogP contribution in [-0.4, -0.2) is 48.7 Å². The predicted molar refractivity (Wildman–Crippen MR) is 105 cm³/mol. The standard InChI is InChI=1S/C20H21ClN2O6/c1-11-12(2)18(25)28-15-8-16(14(21)7-13(11)15)27-9-17(24)23-5-3-20(4-6-23)10-22-19(26)29-20/h7-8H,3-6,9-10H2,1-2H3,(H,22,26). The summed E-state index contributed by atoms with van der Waals surface area (Å²) >= 11 is 6.31. The number of likely N-dealkylation sites (tertiary alicyclic amines) is 1. The van der Waals surface area contributed by atoms with Crippen molar-refractivity contribution in [3.05, 3.63) is 38.7 Å². The van der Waals surface area contributed by atoms with Gasteiger partial charge >= 0.3 is 11.7 Å². The van der Waals surface area contributed by atoms with E-state index in [2.05, 4.69) is 5.32 Å². The highest BCUT2D eigenvalue weighted by atomic mass is 35.5. The summed E-state index contributed by atoms with van der Waals surface area (Å²) in [6.07, 6.45) is 0.756. The number of alkyl carbamates (subject to hydrolysis) is 1. The maximum atomic E-state index is 12.5. The van der Waals surface area contributed by atoms with E-state index in [1.165, 1.54) is 6.07 Å². The number of piperidine rings is 1. The second kappa shape index (κ2) is 7.26. The van der Waals surface area contributed by atoms with Crippen LogP contribution < -0.4 is 15.7 Å². The number of nitrogens with one attached hydrogen (secondary N) is 1. The SMILES string of the molecule is Cc1c(C)c2cc(Cl)c(OCC(=O)N3CCC4(CC3)CNC(=O)O4)cc2oc1=O. The van der Waals surface area contributed by atoms with Crippen molar-refractivity contribution < 1.29 is 23.5 Å². The molecule has 2 saturated heterocycles. The van der Waals surface area contributed by atoms with E-state index in [1.807, 2.05) is 6.92 Å². The van der Waals surface area contributed by atoms with Crippen LogP contribution in [-0.2, 0) is 9.53 Å². The molecular weight excluding hydrogens is 400 g/mol. The van der Waals surface area contributed by atoms with Gasteiger partial charge in [0.2, 0.25) is 0 Å². The molecule has 4 rings (SSSR count). The lowest BCUT2D eigenvalue weighted by atomic mass is 9.91. The highest BCUT2D eigenvalue weighted by Crippen LogP contribution is 2.32. The number of rotatable bonds is 3. The largest absolute Gasteiger partial charge is 0.482 e. The van der Waals surface area contributed by atoms with Gasteiger partial charge in [0.25, 0.3) is 5.91 Å². The summed E-state index contributed by atoms with van der Waals surface area (Å²) in [5.74, 6) is 0.0937. The fourth-order valence-corrected chi connectivity index (χ4v) is 3.95. The van der Waals surface area contributed by atoms with E-state index in [9.17, 15) is 14.4 Å². The number of ether oxygens (including phenoxy) is 2. The number of nitrogens with zero attached hydrogens (tertiary/aromatic N) is 1. The minimum absolute atomic E-state index is 0.185. The normalized spacial score (nSPS) is 18.0. The molecule has 3 heterocycles. The average molecular weight is 421 g/mol. The number of halogens is 1. The molecule has 1 spiro atoms. The highest BCUT2D eigenvalue weighted by Gasteiger charge is 2.43. The zero-order valence-corrected chi connectivity index (χ0v) is 16.9. The molecule has 2 amide bonds. The van der Waals surface area contributed by atoms with Crippen LogP contribution in [0.5, 0.6) is 5.75 Å². The van der Waals surface area contributed by atoms with Crippen LogP contribution in [0.2, 0.25) is 5.02 Å². The molecule has 1 aromatic heterocycles. The first kappa shape index (κ1) is 19.6. The van der Waals surface area contributed by atoms with Crippen LogP contribution >= 0.6 is 11.6 Å². The van der Waals surface area contributed by atoms with Gasteiger partial charge in [0.1, 0.15) is 16.9 Å². The number of amides is 2. The number of benzene rings is 1. The molecule has 2 aromatic rings. The van der Waals surface area contributed by atoms with Crippen molar-refractivity contribution in [3.63, 3.8) is 0 Å². The van der Waals surface area contributed by atoms with Gasteiger partial charge in [0, 0.05) is 42.9 Å². The second-order valence-corrected chi connectivity index (χ2v) is 7.92. The summed E-state index contributed by atoms with van der Waals surface area (Å²) in [5.41, 5.74) is 0.766. The van der Waals surface area contributed by atoms with Crippen LogP contribution in [0.15, 0.2) is 21.3 Å². The molecule has 1 N–H and O–H groups in total. The molecule has 2 aliphatic rings. The molecule has 2 aliphatic heterocycles. The van der Waals surface area contributed by atoms with Crippen LogP contribution in [0, 0.1) is 13.8 Å². The smallest absolute Gasteiger partial charge is 0.407 e. The third-order valence-electron chi connectivity index (χ3n) is 5.75. The number of carbonyl (C=O) groups excluding carboxylic acids is 2. The molecule has 2 fully saturated rings.